The highest BCUT2D eigenvalue weighted by Crippen LogP contribution is 2.31. The molecule has 1 aromatic rings. The van der Waals surface area contributed by atoms with Crippen LogP contribution < -0.4 is 5.32 Å². The van der Waals surface area contributed by atoms with Gasteiger partial charge in [-0.1, -0.05) is 6.58 Å². The molecule has 0 saturated heterocycles. The number of nitrogens with one attached hydrogen (secondary N) is 1. The Labute approximate surface area is 90.0 Å². The summed E-state index contributed by atoms with van der Waals surface area (Å²) in [6, 6.07) is 4.03. The van der Waals surface area contributed by atoms with Crippen LogP contribution in [0.1, 0.15) is 34.8 Å². The predicted octanol–water partition coefficient (Wildman–Crippen LogP) is 3.03. The molecule has 0 fully saturated rings. The highest BCUT2D eigenvalue weighted by molar-refractivity contribution is 6.05. The van der Waals surface area contributed by atoms with E-state index in [1.807, 2.05) is 19.9 Å². The zero-order chi connectivity index (χ0) is 11.0. The van der Waals surface area contributed by atoms with Crippen molar-refractivity contribution in [2.45, 2.75) is 20.3 Å². The summed E-state index contributed by atoms with van der Waals surface area (Å²) in [6.07, 6.45) is 0.589. The molecule has 0 aromatic heterocycles. The smallest absolute Gasteiger partial charge is 0.166 e. The first-order valence-electron chi connectivity index (χ1n) is 5.17. The van der Waals surface area contributed by atoms with Gasteiger partial charge in [-0.15, -0.1) is 0 Å². The maximum absolute atomic E-state index is 11.7. The van der Waals surface area contributed by atoms with Gasteiger partial charge in [0.2, 0.25) is 0 Å². The van der Waals surface area contributed by atoms with Crippen LogP contribution >= 0.6 is 0 Å². The molecule has 0 bridgehead atoms. The molecule has 1 aliphatic heterocycles. The molecule has 0 saturated carbocycles. The van der Waals surface area contributed by atoms with E-state index in [0.717, 1.165) is 34.5 Å². The molecule has 2 heteroatoms. The number of allylic oxidation sites excluding steroid dienone is 1. The highest BCUT2D eigenvalue weighted by atomic mass is 16.1. The Morgan fingerprint density at radius 3 is 2.87 bits per heavy atom. The van der Waals surface area contributed by atoms with Crippen LogP contribution in [-0.2, 0) is 0 Å². The van der Waals surface area contributed by atoms with Gasteiger partial charge in [-0.2, -0.15) is 0 Å². The number of carbonyl (C=O) groups is 1. The fraction of sp³-hybridized carbons (Fsp3) is 0.308. The number of fused-ring (bicyclic) bond motifs is 1. The van der Waals surface area contributed by atoms with Crippen molar-refractivity contribution in [1.29, 1.82) is 0 Å². The lowest BCUT2D eigenvalue weighted by Crippen LogP contribution is -2.19. The van der Waals surface area contributed by atoms with Crippen molar-refractivity contribution in [3.05, 3.63) is 35.4 Å². The normalized spacial score (nSPS) is 14.4. The van der Waals surface area contributed by atoms with Crippen LogP contribution in [0.25, 0.3) is 5.57 Å². The van der Waals surface area contributed by atoms with Crippen molar-refractivity contribution in [3.8, 4) is 0 Å². The predicted molar refractivity (Wildman–Crippen MR) is 63.3 cm³/mol. The Morgan fingerprint density at radius 2 is 2.20 bits per heavy atom. The first-order chi connectivity index (χ1) is 7.09. The Morgan fingerprint density at radius 1 is 1.47 bits per heavy atom. The first kappa shape index (κ1) is 9.97. The summed E-state index contributed by atoms with van der Waals surface area (Å²) in [4.78, 5) is 11.7. The Kier molecular flexibility index (Phi) is 2.35. The van der Waals surface area contributed by atoms with Crippen LogP contribution in [-0.4, -0.2) is 12.3 Å². The third-order valence-electron chi connectivity index (χ3n) is 2.70. The number of hydrogen-bond donors (Lipinski definition) is 1. The van der Waals surface area contributed by atoms with Crippen molar-refractivity contribution in [1.82, 2.24) is 0 Å². The maximum Gasteiger partial charge on any atom is 0.166 e. The summed E-state index contributed by atoms with van der Waals surface area (Å²) in [6.45, 7) is 8.66. The van der Waals surface area contributed by atoms with E-state index in [-0.39, 0.29) is 5.78 Å². The number of benzene rings is 1. The highest BCUT2D eigenvalue weighted by Gasteiger charge is 2.19. The molecule has 0 spiro atoms. The number of ketones is 1. The van der Waals surface area contributed by atoms with Crippen molar-refractivity contribution < 1.29 is 4.79 Å². The lowest BCUT2D eigenvalue weighted by molar-refractivity contribution is 0.0983. The SMILES string of the molecule is C=C(C)c1cc(C)cc2c1NCCC2=O. The van der Waals surface area contributed by atoms with Crippen molar-refractivity contribution in [2.75, 3.05) is 11.9 Å². The second-order valence-electron chi connectivity index (χ2n) is 4.12. The van der Waals surface area contributed by atoms with Crippen LogP contribution in [0.4, 0.5) is 5.69 Å². The van der Waals surface area contributed by atoms with Crippen molar-refractivity contribution in [2.24, 2.45) is 0 Å². The number of Topliss-reactive ketones (excluding diaryl/α,β-unsaturated/α-hetero) is 1. The van der Waals surface area contributed by atoms with Gasteiger partial charge in [-0.3, -0.25) is 4.79 Å². The molecular weight excluding hydrogens is 186 g/mol. The van der Waals surface area contributed by atoms with Crippen LogP contribution in [0.15, 0.2) is 18.7 Å². The van der Waals surface area contributed by atoms with E-state index in [0.29, 0.717) is 6.42 Å². The minimum atomic E-state index is 0.231. The largest absolute Gasteiger partial charge is 0.384 e. The van der Waals surface area contributed by atoms with E-state index in [1.54, 1.807) is 0 Å². The summed E-state index contributed by atoms with van der Waals surface area (Å²) in [5, 5.41) is 3.29. The second-order valence-corrected chi connectivity index (χ2v) is 4.12. The second kappa shape index (κ2) is 3.54. The summed E-state index contributed by atoms with van der Waals surface area (Å²) in [7, 11) is 0. The van der Waals surface area contributed by atoms with Gasteiger partial charge in [0.15, 0.2) is 5.78 Å². The third kappa shape index (κ3) is 1.67. The molecule has 1 aromatic carbocycles. The standard InChI is InChI=1S/C13H15NO/c1-8(2)10-6-9(3)7-11-12(15)4-5-14-13(10)11/h6-7,14H,1,4-5H2,2-3H3. The van der Waals surface area contributed by atoms with Crippen molar-refractivity contribution >= 4 is 17.0 Å². The third-order valence-corrected chi connectivity index (χ3v) is 2.70. The van der Waals surface area contributed by atoms with Crippen LogP contribution in [0.2, 0.25) is 0 Å². The number of aryl methyl sites for hydroxylation is 1. The molecule has 0 aliphatic carbocycles. The Balaban J connectivity index is 2.67. The van der Waals surface area contributed by atoms with Crippen LogP contribution in [0.5, 0.6) is 0 Å². The fourth-order valence-corrected chi connectivity index (χ4v) is 1.97. The van der Waals surface area contributed by atoms with Gasteiger partial charge in [0.1, 0.15) is 0 Å². The fourth-order valence-electron chi connectivity index (χ4n) is 1.97. The first-order valence-corrected chi connectivity index (χ1v) is 5.17. The van der Waals surface area contributed by atoms with Gasteiger partial charge in [0, 0.05) is 24.1 Å². The zero-order valence-corrected chi connectivity index (χ0v) is 9.18. The average Bonchev–Trinajstić information content (AvgIpc) is 2.18. The van der Waals surface area contributed by atoms with E-state index in [4.69, 9.17) is 0 Å². The molecule has 1 heterocycles. The van der Waals surface area contributed by atoms with Gasteiger partial charge in [-0.05, 0) is 37.1 Å². The quantitative estimate of drug-likeness (QED) is 0.756. The summed E-state index contributed by atoms with van der Waals surface area (Å²) in [5.74, 6) is 0.231. The molecule has 1 aliphatic rings. The zero-order valence-electron chi connectivity index (χ0n) is 9.18. The molecule has 2 nitrogen and oxygen atoms in total. The molecule has 2 rings (SSSR count). The van der Waals surface area contributed by atoms with E-state index >= 15 is 0 Å². The number of anilines is 1. The Hall–Kier alpha value is -1.57. The minimum absolute atomic E-state index is 0.231. The van der Waals surface area contributed by atoms with Gasteiger partial charge in [0.25, 0.3) is 0 Å². The van der Waals surface area contributed by atoms with Crippen LogP contribution in [0.3, 0.4) is 0 Å². The molecule has 15 heavy (non-hydrogen) atoms. The number of hydrogen-bond acceptors (Lipinski definition) is 2. The Bertz CT molecular complexity index is 429. The molecule has 0 amide bonds. The van der Waals surface area contributed by atoms with Gasteiger partial charge in [0.05, 0.1) is 5.69 Å². The minimum Gasteiger partial charge on any atom is -0.384 e. The summed E-state index contributed by atoms with van der Waals surface area (Å²) in [5.41, 5.74) is 4.96. The van der Waals surface area contributed by atoms with E-state index in [9.17, 15) is 4.79 Å². The van der Waals surface area contributed by atoms with E-state index < -0.39 is 0 Å². The van der Waals surface area contributed by atoms with Crippen LogP contribution in [0, 0.1) is 6.92 Å². The lowest BCUT2D eigenvalue weighted by Gasteiger charge is -2.21. The van der Waals surface area contributed by atoms with E-state index in [2.05, 4.69) is 18.0 Å². The molecule has 0 atom stereocenters. The van der Waals surface area contributed by atoms with E-state index in [1.165, 1.54) is 0 Å². The van der Waals surface area contributed by atoms with Gasteiger partial charge < -0.3 is 5.32 Å². The molecule has 1 N–H and O–H groups in total. The molecule has 78 valence electrons. The maximum atomic E-state index is 11.7. The van der Waals surface area contributed by atoms with Crippen molar-refractivity contribution in [3.63, 3.8) is 0 Å². The van der Waals surface area contributed by atoms with Gasteiger partial charge >= 0.3 is 0 Å². The molecular formula is C13H15NO. The molecule has 0 radical (unpaired) electrons. The average molecular weight is 201 g/mol. The molecule has 0 unspecified atom stereocenters. The number of carbonyl (C=O) groups excluding carboxylic acids is 1. The van der Waals surface area contributed by atoms with Gasteiger partial charge in [-0.25, -0.2) is 0 Å². The lowest BCUT2D eigenvalue weighted by atomic mass is 9.93. The topological polar surface area (TPSA) is 29.1 Å². The number of rotatable bonds is 1. The summed E-state index contributed by atoms with van der Waals surface area (Å²) < 4.78 is 0. The monoisotopic (exact) mass is 201 g/mol. The summed E-state index contributed by atoms with van der Waals surface area (Å²) >= 11 is 0.